The molecule has 2 nitrogen and oxygen atoms in total. The minimum atomic E-state index is -0.317. The van der Waals surface area contributed by atoms with Gasteiger partial charge in [-0.1, -0.05) is 62.4 Å². The van der Waals surface area contributed by atoms with Crippen LogP contribution in [0.5, 0.6) is 0 Å². The van der Waals surface area contributed by atoms with E-state index in [4.69, 9.17) is 0 Å². The highest BCUT2D eigenvalue weighted by molar-refractivity contribution is 6.01. The Labute approximate surface area is 126 Å². The molecule has 1 aliphatic heterocycles. The molecule has 1 aliphatic rings. The van der Waals surface area contributed by atoms with Crippen LogP contribution in [0.3, 0.4) is 0 Å². The number of amides is 1. The quantitative estimate of drug-likeness (QED) is 0.792. The second-order valence-corrected chi connectivity index (χ2v) is 6.48. The van der Waals surface area contributed by atoms with Gasteiger partial charge >= 0.3 is 0 Å². The summed E-state index contributed by atoms with van der Waals surface area (Å²) in [6.07, 6.45) is 0.851. The maximum Gasteiger partial charge on any atom is 0.233 e. The van der Waals surface area contributed by atoms with E-state index >= 15 is 0 Å². The molecule has 108 valence electrons. The third-order valence-electron chi connectivity index (χ3n) is 4.37. The van der Waals surface area contributed by atoms with Gasteiger partial charge in [0.05, 0.1) is 6.04 Å². The molecule has 21 heavy (non-hydrogen) atoms. The second kappa shape index (κ2) is 5.03. The predicted octanol–water partition coefficient (Wildman–Crippen LogP) is 4.50. The molecular weight excluding hydrogens is 258 g/mol. The zero-order valence-corrected chi connectivity index (χ0v) is 12.8. The summed E-state index contributed by atoms with van der Waals surface area (Å²) in [6.45, 7) is 6.16. The lowest BCUT2D eigenvalue weighted by Gasteiger charge is -2.27. The average Bonchev–Trinajstić information content (AvgIpc) is 2.72. The molecule has 1 saturated heterocycles. The zero-order chi connectivity index (χ0) is 15.0. The summed E-state index contributed by atoms with van der Waals surface area (Å²) in [5, 5.41) is 0. The van der Waals surface area contributed by atoms with Crippen LogP contribution in [0.2, 0.25) is 0 Å². The van der Waals surface area contributed by atoms with E-state index in [1.54, 1.807) is 0 Å². The first kappa shape index (κ1) is 13.9. The molecule has 1 fully saturated rings. The molecule has 1 atom stereocenters. The van der Waals surface area contributed by atoms with Crippen molar-refractivity contribution in [3.63, 3.8) is 0 Å². The van der Waals surface area contributed by atoms with Crippen LogP contribution >= 0.6 is 0 Å². The summed E-state index contributed by atoms with van der Waals surface area (Å²) in [5.74, 6) is 0.214. The van der Waals surface area contributed by atoms with Gasteiger partial charge in [-0.15, -0.1) is 0 Å². The number of hydrogen-bond acceptors (Lipinski definition) is 1. The van der Waals surface area contributed by atoms with Crippen LogP contribution in [0.15, 0.2) is 54.6 Å². The topological polar surface area (TPSA) is 20.3 Å². The first-order chi connectivity index (χ1) is 10.0. The third-order valence-corrected chi connectivity index (χ3v) is 4.37. The van der Waals surface area contributed by atoms with Gasteiger partial charge in [-0.3, -0.25) is 4.79 Å². The van der Waals surface area contributed by atoms with Gasteiger partial charge in [0, 0.05) is 11.1 Å². The van der Waals surface area contributed by atoms with Crippen LogP contribution in [-0.4, -0.2) is 5.91 Å². The SMILES string of the molecule is Cc1ccccc1N1C(=O)C(C)(C)CC1c1ccccc1. The lowest BCUT2D eigenvalue weighted by Crippen LogP contribution is -2.32. The molecule has 3 rings (SSSR count). The Morgan fingerprint density at radius 2 is 1.62 bits per heavy atom. The fraction of sp³-hybridized carbons (Fsp3) is 0.316. The van der Waals surface area contributed by atoms with Gasteiger partial charge in [0.15, 0.2) is 0 Å². The van der Waals surface area contributed by atoms with Crippen LogP contribution in [-0.2, 0) is 4.79 Å². The largest absolute Gasteiger partial charge is 0.304 e. The normalized spacial score (nSPS) is 20.8. The summed E-state index contributed by atoms with van der Waals surface area (Å²) in [5.41, 5.74) is 3.06. The van der Waals surface area contributed by atoms with E-state index in [1.165, 1.54) is 5.56 Å². The second-order valence-electron chi connectivity index (χ2n) is 6.48. The molecule has 0 N–H and O–H groups in total. The highest BCUT2D eigenvalue weighted by Crippen LogP contribution is 2.46. The highest BCUT2D eigenvalue weighted by Gasteiger charge is 2.46. The van der Waals surface area contributed by atoms with E-state index in [9.17, 15) is 4.79 Å². The lowest BCUT2D eigenvalue weighted by atomic mass is 9.88. The third kappa shape index (κ3) is 2.35. The van der Waals surface area contributed by atoms with E-state index in [2.05, 4.69) is 25.1 Å². The van der Waals surface area contributed by atoms with Crippen molar-refractivity contribution in [3.8, 4) is 0 Å². The number of anilines is 1. The van der Waals surface area contributed by atoms with Crippen LogP contribution < -0.4 is 4.90 Å². The molecule has 2 aromatic carbocycles. The van der Waals surface area contributed by atoms with Crippen molar-refractivity contribution in [2.45, 2.75) is 33.2 Å². The standard InChI is InChI=1S/C19H21NO/c1-14-9-7-8-12-16(14)20-17(13-19(2,3)18(20)21)15-10-5-4-6-11-15/h4-12,17H,13H2,1-3H3. The van der Waals surface area contributed by atoms with Crippen molar-refractivity contribution in [3.05, 3.63) is 65.7 Å². The van der Waals surface area contributed by atoms with Crippen molar-refractivity contribution in [2.75, 3.05) is 4.90 Å². The maximum atomic E-state index is 12.9. The molecule has 0 bridgehead atoms. The molecular formula is C19H21NO. The minimum Gasteiger partial charge on any atom is -0.304 e. The van der Waals surface area contributed by atoms with E-state index in [1.807, 2.05) is 55.1 Å². The summed E-state index contributed by atoms with van der Waals surface area (Å²) >= 11 is 0. The van der Waals surface area contributed by atoms with Crippen molar-refractivity contribution in [1.82, 2.24) is 0 Å². The number of para-hydroxylation sites is 1. The number of benzene rings is 2. The van der Waals surface area contributed by atoms with Gasteiger partial charge in [-0.25, -0.2) is 0 Å². The molecule has 0 aromatic heterocycles. The predicted molar refractivity (Wildman–Crippen MR) is 86.2 cm³/mol. The number of carbonyl (C=O) groups excluding carboxylic acids is 1. The van der Waals surface area contributed by atoms with Crippen LogP contribution in [0, 0.1) is 12.3 Å². The van der Waals surface area contributed by atoms with Gasteiger partial charge in [-0.05, 0) is 30.5 Å². The first-order valence-electron chi connectivity index (χ1n) is 7.45. The molecule has 2 aromatic rings. The van der Waals surface area contributed by atoms with E-state index in [0.717, 1.165) is 17.7 Å². The number of hydrogen-bond donors (Lipinski definition) is 0. The number of carbonyl (C=O) groups is 1. The summed E-state index contributed by atoms with van der Waals surface area (Å²) in [4.78, 5) is 14.9. The molecule has 0 saturated carbocycles. The van der Waals surface area contributed by atoms with Gasteiger partial charge in [0.2, 0.25) is 5.91 Å². The van der Waals surface area contributed by atoms with Crippen molar-refractivity contribution in [1.29, 1.82) is 0 Å². The van der Waals surface area contributed by atoms with E-state index in [0.29, 0.717) is 0 Å². The Hall–Kier alpha value is -2.09. The monoisotopic (exact) mass is 279 g/mol. The summed E-state index contributed by atoms with van der Waals surface area (Å²) < 4.78 is 0. The minimum absolute atomic E-state index is 0.120. The molecule has 0 aliphatic carbocycles. The Bertz CT molecular complexity index is 660. The van der Waals surface area contributed by atoms with Crippen LogP contribution in [0.1, 0.15) is 37.4 Å². The molecule has 2 heteroatoms. The van der Waals surface area contributed by atoms with Gasteiger partial charge < -0.3 is 4.90 Å². The zero-order valence-electron chi connectivity index (χ0n) is 12.8. The maximum absolute atomic E-state index is 12.9. The van der Waals surface area contributed by atoms with Gasteiger partial charge in [0.25, 0.3) is 0 Å². The molecule has 1 heterocycles. The van der Waals surface area contributed by atoms with Crippen LogP contribution in [0.4, 0.5) is 5.69 Å². The van der Waals surface area contributed by atoms with E-state index < -0.39 is 0 Å². The Kier molecular flexibility index (Phi) is 3.32. The smallest absolute Gasteiger partial charge is 0.233 e. The van der Waals surface area contributed by atoms with Crippen molar-refractivity contribution >= 4 is 11.6 Å². The van der Waals surface area contributed by atoms with E-state index in [-0.39, 0.29) is 17.4 Å². The lowest BCUT2D eigenvalue weighted by molar-refractivity contribution is -0.124. The summed E-state index contributed by atoms with van der Waals surface area (Å²) in [7, 11) is 0. The van der Waals surface area contributed by atoms with Gasteiger partial charge in [-0.2, -0.15) is 0 Å². The molecule has 0 radical (unpaired) electrons. The molecule has 1 amide bonds. The van der Waals surface area contributed by atoms with Crippen molar-refractivity contribution in [2.24, 2.45) is 5.41 Å². The Balaban J connectivity index is 2.10. The number of aryl methyl sites for hydroxylation is 1. The Morgan fingerprint density at radius 3 is 2.29 bits per heavy atom. The summed E-state index contributed by atoms with van der Waals surface area (Å²) in [6, 6.07) is 18.6. The number of nitrogens with zero attached hydrogens (tertiary/aromatic N) is 1. The van der Waals surface area contributed by atoms with Crippen molar-refractivity contribution < 1.29 is 4.79 Å². The van der Waals surface area contributed by atoms with Crippen LogP contribution in [0.25, 0.3) is 0 Å². The Morgan fingerprint density at radius 1 is 1.00 bits per heavy atom. The fourth-order valence-electron chi connectivity index (χ4n) is 3.18. The highest BCUT2D eigenvalue weighted by atomic mass is 16.2. The fourth-order valence-corrected chi connectivity index (χ4v) is 3.18. The number of rotatable bonds is 2. The van der Waals surface area contributed by atoms with Gasteiger partial charge in [0.1, 0.15) is 0 Å². The molecule has 1 unspecified atom stereocenters. The first-order valence-corrected chi connectivity index (χ1v) is 7.45. The molecule has 0 spiro atoms. The average molecular weight is 279 g/mol.